The van der Waals surface area contributed by atoms with E-state index in [9.17, 15) is 14.8 Å². The number of hydrogen-bond donors (Lipinski definition) is 1. The molecule has 2 bridgehead atoms. The zero-order chi connectivity index (χ0) is 30.0. The molecule has 222 valence electrons. The number of phenolic OH excluding ortho intramolecular Hbond substituents is 1. The highest BCUT2D eigenvalue weighted by Crippen LogP contribution is 2.45. The van der Waals surface area contributed by atoms with Gasteiger partial charge in [0.25, 0.3) is 0 Å². The number of aromatic hydroxyl groups is 1. The van der Waals surface area contributed by atoms with Crippen LogP contribution in [0.5, 0.6) is 11.8 Å². The Balaban J connectivity index is 1.23. The van der Waals surface area contributed by atoms with Crippen molar-refractivity contribution >= 4 is 27.5 Å². The monoisotopic (exact) mass is 587 g/mol. The van der Waals surface area contributed by atoms with Crippen LogP contribution in [0.3, 0.4) is 0 Å². The van der Waals surface area contributed by atoms with Crippen molar-refractivity contribution in [1.82, 2.24) is 14.9 Å². The van der Waals surface area contributed by atoms with Gasteiger partial charge < -0.3 is 14.7 Å². The van der Waals surface area contributed by atoms with Crippen molar-refractivity contribution in [2.24, 2.45) is 17.8 Å². The van der Waals surface area contributed by atoms with Crippen molar-refractivity contribution in [3.05, 3.63) is 54.1 Å². The highest BCUT2D eigenvalue weighted by molar-refractivity contribution is 6.03. The lowest BCUT2D eigenvalue weighted by atomic mass is 9.86. The van der Waals surface area contributed by atoms with Crippen LogP contribution in [0.4, 0.5) is 10.2 Å². The van der Waals surface area contributed by atoms with Crippen LogP contribution in [0.1, 0.15) is 37.7 Å². The first-order valence-corrected chi connectivity index (χ1v) is 15.7. The molecule has 4 aliphatic rings. The van der Waals surface area contributed by atoms with Crippen molar-refractivity contribution in [3.8, 4) is 41.3 Å². The van der Waals surface area contributed by atoms with E-state index in [4.69, 9.17) is 21.1 Å². The maximum Gasteiger partial charge on any atom is 0.319 e. The SMILES string of the molecule is C#Cc1cccc2cc(O)cc(-c3ccc4c(N5CC6CCC(C5)C6C#N)nc(OC[C@@]56CCCN5C[C@H](F)C6)nc4c3)c12. The Kier molecular flexibility index (Phi) is 6.39. The van der Waals surface area contributed by atoms with Crippen molar-refractivity contribution in [1.29, 1.82) is 5.26 Å². The summed E-state index contributed by atoms with van der Waals surface area (Å²) < 4.78 is 20.9. The van der Waals surface area contributed by atoms with Crippen molar-refractivity contribution in [3.63, 3.8) is 0 Å². The lowest BCUT2D eigenvalue weighted by Crippen LogP contribution is -2.44. The molecule has 8 heteroatoms. The quantitative estimate of drug-likeness (QED) is 0.283. The summed E-state index contributed by atoms with van der Waals surface area (Å²) in [5.41, 5.74) is 2.87. The standard InChI is InChI=1S/C36H34FN5O2/c1-2-22-5-3-6-24-13-28(43)15-30(33(22)24)23-9-10-29-32(14-23)39-35(44-21-36-11-4-12-42(36)20-27(37)16-36)40-34(29)41-18-25-7-8-26(19-41)31(25)17-38/h1,3,5-6,9-10,13-15,25-27,31,43H,4,7-8,11-12,16,18-21H2/t25?,26?,27-,31?,36+/m1/s1. The highest BCUT2D eigenvalue weighted by Gasteiger charge is 2.49. The zero-order valence-corrected chi connectivity index (χ0v) is 24.5. The number of terminal acetylenes is 1. The fraction of sp³-hybridized carbons (Fsp3) is 0.417. The van der Waals surface area contributed by atoms with Gasteiger partial charge in [0, 0.05) is 42.4 Å². The fourth-order valence-corrected chi connectivity index (χ4v) is 8.58. The average Bonchev–Trinajstić information content (AvgIpc) is 3.64. The molecule has 1 aromatic heterocycles. The van der Waals surface area contributed by atoms with Crippen LogP contribution >= 0.6 is 0 Å². The van der Waals surface area contributed by atoms with Crippen molar-refractivity contribution < 1.29 is 14.2 Å². The first kappa shape index (κ1) is 27.2. The summed E-state index contributed by atoms with van der Waals surface area (Å²) in [6, 6.07) is 18.2. The molecule has 44 heavy (non-hydrogen) atoms. The maximum atomic E-state index is 14.5. The largest absolute Gasteiger partial charge is 0.508 e. The zero-order valence-electron chi connectivity index (χ0n) is 24.5. The molecule has 0 amide bonds. The van der Waals surface area contributed by atoms with Gasteiger partial charge in [0.05, 0.1) is 23.0 Å². The maximum absolute atomic E-state index is 14.5. The van der Waals surface area contributed by atoms with E-state index in [0.29, 0.717) is 31.4 Å². The minimum Gasteiger partial charge on any atom is -0.508 e. The second-order valence-electron chi connectivity index (χ2n) is 13.1. The van der Waals surface area contributed by atoms with E-state index in [-0.39, 0.29) is 23.2 Å². The van der Waals surface area contributed by atoms with Crippen LogP contribution in [0.2, 0.25) is 0 Å². The van der Waals surface area contributed by atoms with Crippen LogP contribution in [-0.4, -0.2) is 64.5 Å². The summed E-state index contributed by atoms with van der Waals surface area (Å²) in [6.45, 7) is 3.25. The van der Waals surface area contributed by atoms with Gasteiger partial charge in [-0.2, -0.15) is 15.2 Å². The number of halogens is 1. The van der Waals surface area contributed by atoms with E-state index in [1.54, 1.807) is 12.1 Å². The van der Waals surface area contributed by atoms with Gasteiger partial charge in [0.1, 0.15) is 24.3 Å². The number of ether oxygens (including phenoxy) is 1. The van der Waals surface area contributed by atoms with E-state index >= 15 is 0 Å². The van der Waals surface area contributed by atoms with Gasteiger partial charge in [-0.3, -0.25) is 4.90 Å². The minimum atomic E-state index is -0.837. The van der Waals surface area contributed by atoms with Gasteiger partial charge in [0.15, 0.2) is 0 Å². The van der Waals surface area contributed by atoms with Crippen LogP contribution in [0.25, 0.3) is 32.8 Å². The molecule has 0 spiro atoms. The second kappa shape index (κ2) is 10.4. The predicted octanol–water partition coefficient (Wildman–Crippen LogP) is 6.08. The Morgan fingerprint density at radius 2 is 1.93 bits per heavy atom. The number of benzene rings is 3. The number of hydrogen-bond acceptors (Lipinski definition) is 7. The minimum absolute atomic E-state index is 0.0922. The summed E-state index contributed by atoms with van der Waals surface area (Å²) in [4.78, 5) is 14.4. The van der Waals surface area contributed by atoms with Crippen molar-refractivity contribution in [2.75, 3.05) is 37.7 Å². The average molecular weight is 588 g/mol. The molecule has 4 aromatic rings. The first-order chi connectivity index (χ1) is 21.4. The lowest BCUT2D eigenvalue weighted by Gasteiger charge is -2.36. The Morgan fingerprint density at radius 1 is 1.09 bits per heavy atom. The fourth-order valence-electron chi connectivity index (χ4n) is 8.58. The molecular formula is C36H34FN5O2. The molecule has 1 N–H and O–H groups in total. The van der Waals surface area contributed by atoms with Gasteiger partial charge >= 0.3 is 6.01 Å². The summed E-state index contributed by atoms with van der Waals surface area (Å²) in [7, 11) is 0. The van der Waals surface area contributed by atoms with Gasteiger partial charge in [-0.1, -0.05) is 24.1 Å². The Hall–Kier alpha value is -4.40. The molecule has 4 heterocycles. The van der Waals surface area contributed by atoms with E-state index in [1.165, 1.54) is 0 Å². The van der Waals surface area contributed by atoms with Gasteiger partial charge in [0.2, 0.25) is 0 Å². The third-order valence-electron chi connectivity index (χ3n) is 10.6. The number of rotatable bonds is 5. The molecular weight excluding hydrogens is 553 g/mol. The van der Waals surface area contributed by atoms with Crippen molar-refractivity contribution in [2.45, 2.75) is 43.8 Å². The molecule has 3 saturated heterocycles. The van der Waals surface area contributed by atoms with Crippen LogP contribution in [-0.2, 0) is 0 Å². The smallest absolute Gasteiger partial charge is 0.319 e. The molecule has 0 radical (unpaired) electrons. The van der Waals surface area contributed by atoms with Crippen LogP contribution in [0.15, 0.2) is 48.5 Å². The predicted molar refractivity (Wildman–Crippen MR) is 168 cm³/mol. The lowest BCUT2D eigenvalue weighted by molar-refractivity contribution is 0.107. The summed E-state index contributed by atoms with van der Waals surface area (Å²) in [5.74, 6) is 4.50. The number of alkyl halides is 1. The van der Waals surface area contributed by atoms with Crippen LogP contribution in [0, 0.1) is 41.4 Å². The number of phenols is 1. The van der Waals surface area contributed by atoms with E-state index in [0.717, 1.165) is 89.5 Å². The van der Waals surface area contributed by atoms with Gasteiger partial charge in [-0.15, -0.1) is 6.42 Å². The molecule has 4 fully saturated rings. The third-order valence-corrected chi connectivity index (χ3v) is 10.6. The summed E-state index contributed by atoms with van der Waals surface area (Å²) in [5, 5.41) is 23.1. The van der Waals surface area contributed by atoms with Gasteiger partial charge in [-0.25, -0.2) is 4.39 Å². The molecule has 8 rings (SSSR count). The molecule has 3 aliphatic heterocycles. The van der Waals surface area contributed by atoms with E-state index in [2.05, 4.69) is 21.8 Å². The molecule has 1 saturated carbocycles. The number of aromatic nitrogens is 2. The highest BCUT2D eigenvalue weighted by atomic mass is 19.1. The number of nitrogens with zero attached hydrogens (tertiary/aromatic N) is 5. The molecule has 1 aliphatic carbocycles. The second-order valence-corrected chi connectivity index (χ2v) is 13.1. The van der Waals surface area contributed by atoms with Crippen LogP contribution < -0.4 is 9.64 Å². The van der Waals surface area contributed by atoms with Gasteiger partial charge in [-0.05, 0) is 90.9 Å². The van der Waals surface area contributed by atoms with E-state index in [1.807, 2.05) is 36.4 Å². The first-order valence-electron chi connectivity index (χ1n) is 15.7. The number of piperidine rings is 1. The number of anilines is 1. The number of fused-ring (bicyclic) bond motifs is 5. The van der Waals surface area contributed by atoms with E-state index < -0.39 is 6.17 Å². The molecule has 7 nitrogen and oxygen atoms in total. The Bertz CT molecular complexity index is 1870. The normalized spacial score (nSPS) is 27.8. The summed E-state index contributed by atoms with van der Waals surface area (Å²) in [6.07, 6.45) is 9.59. The summed E-state index contributed by atoms with van der Waals surface area (Å²) >= 11 is 0. The topological polar surface area (TPSA) is 85.5 Å². The third kappa shape index (κ3) is 4.35. The Morgan fingerprint density at radius 3 is 2.73 bits per heavy atom. The Labute approximate surface area is 256 Å². The molecule has 2 unspecified atom stereocenters. The number of nitriles is 1. The molecule has 3 aromatic carbocycles. The molecule has 4 atom stereocenters.